The summed E-state index contributed by atoms with van der Waals surface area (Å²) in [7, 11) is 1.82. The van der Waals surface area contributed by atoms with Gasteiger partial charge in [-0.25, -0.2) is 14.4 Å². The van der Waals surface area contributed by atoms with Gasteiger partial charge in [0.2, 0.25) is 0 Å². The number of carbonyl (C=O) groups excluding carboxylic acids is 1. The van der Waals surface area contributed by atoms with Gasteiger partial charge in [0.1, 0.15) is 30.4 Å². The lowest BCUT2D eigenvalue weighted by atomic mass is 10.1. The Kier molecular flexibility index (Phi) is 11.0. The van der Waals surface area contributed by atoms with Crippen LogP contribution in [0.25, 0.3) is 0 Å². The first-order valence-corrected chi connectivity index (χ1v) is 13.2. The summed E-state index contributed by atoms with van der Waals surface area (Å²) in [5.41, 5.74) is 2.50. The van der Waals surface area contributed by atoms with Crippen molar-refractivity contribution in [2.24, 2.45) is 0 Å². The number of nitrogens with zero attached hydrogens (tertiary/aromatic N) is 3. The van der Waals surface area contributed by atoms with Crippen molar-refractivity contribution in [2.45, 2.75) is 32.5 Å². The molecule has 3 N–H and O–H groups in total. The molecule has 0 aliphatic rings. The highest BCUT2D eigenvalue weighted by Gasteiger charge is 2.30. The molecule has 0 aliphatic heterocycles. The minimum Gasteiger partial charge on any atom is -0.388 e. The Morgan fingerprint density at radius 1 is 1.05 bits per heavy atom. The van der Waals surface area contributed by atoms with Gasteiger partial charge in [0.25, 0.3) is 0 Å². The maximum atomic E-state index is 14.0. The number of hydrogen-bond acceptors (Lipinski definition) is 8. The summed E-state index contributed by atoms with van der Waals surface area (Å²) >= 11 is 1.29. The second kappa shape index (κ2) is 14.4. The molecule has 0 saturated carbocycles. The zero-order valence-corrected chi connectivity index (χ0v) is 22.8. The van der Waals surface area contributed by atoms with Crippen LogP contribution in [0.2, 0.25) is 0 Å². The number of aromatic nitrogens is 4. The maximum absolute atomic E-state index is 14.0. The van der Waals surface area contributed by atoms with E-state index in [4.69, 9.17) is 4.18 Å². The number of carbonyl (C=O) groups is 1. The van der Waals surface area contributed by atoms with Crippen LogP contribution < -0.4 is 10.6 Å². The van der Waals surface area contributed by atoms with E-state index in [0.29, 0.717) is 48.8 Å². The molecule has 2 aromatic carbocycles. The van der Waals surface area contributed by atoms with Crippen LogP contribution in [0.15, 0.2) is 54.6 Å². The van der Waals surface area contributed by atoms with Crippen LogP contribution in [0, 0.1) is 12.7 Å². The first-order chi connectivity index (χ1) is 19.1. The molecule has 0 fully saturated rings. The molecule has 2 heterocycles. The number of nitrogens with one attached hydrogen (secondary N) is 3. The molecule has 40 heavy (non-hydrogen) atoms. The fourth-order valence-corrected chi connectivity index (χ4v) is 3.79. The molecular formula is C27H28F4N6O2S. The predicted octanol–water partition coefficient (Wildman–Crippen LogP) is 6.53. The Balaban J connectivity index is 0.000000307. The van der Waals surface area contributed by atoms with Gasteiger partial charge in [0.05, 0.1) is 11.3 Å². The molecule has 2 aromatic heterocycles. The number of halogens is 4. The number of aromatic amines is 1. The molecule has 0 radical (unpaired) electrons. The number of H-pyrrole nitrogens is 1. The molecule has 4 rings (SSSR count). The third kappa shape index (κ3) is 9.35. The Hall–Kier alpha value is -3.97. The lowest BCUT2D eigenvalue weighted by Crippen LogP contribution is -2.04. The van der Waals surface area contributed by atoms with E-state index in [1.165, 1.54) is 30.2 Å². The van der Waals surface area contributed by atoms with Crippen molar-refractivity contribution in [3.05, 3.63) is 94.3 Å². The molecule has 0 spiro atoms. The van der Waals surface area contributed by atoms with Crippen LogP contribution in [0.5, 0.6) is 0 Å². The van der Waals surface area contributed by atoms with Gasteiger partial charge in [-0.2, -0.15) is 18.3 Å². The quantitative estimate of drug-likeness (QED) is 0.111. The van der Waals surface area contributed by atoms with E-state index in [-0.39, 0.29) is 11.4 Å². The van der Waals surface area contributed by atoms with Gasteiger partial charge in [-0.05, 0) is 67.7 Å². The smallest absolute Gasteiger partial charge is 0.388 e. The van der Waals surface area contributed by atoms with Crippen LogP contribution in [0.3, 0.4) is 0 Å². The van der Waals surface area contributed by atoms with Gasteiger partial charge in [-0.15, -0.1) is 0 Å². The third-order valence-corrected chi connectivity index (χ3v) is 5.80. The summed E-state index contributed by atoms with van der Waals surface area (Å²) in [5.74, 6) is 1.75. The van der Waals surface area contributed by atoms with Gasteiger partial charge < -0.3 is 14.8 Å². The predicted molar refractivity (Wildman–Crippen MR) is 147 cm³/mol. The lowest BCUT2D eigenvalue weighted by molar-refractivity contribution is -0.137. The maximum Gasteiger partial charge on any atom is 0.416 e. The molecule has 0 bridgehead atoms. The first-order valence-electron chi connectivity index (χ1n) is 12.0. The SMILES string of the molecule is CNc1ccc(F)c(CCc2cc(Nc3cc(COSC)nc(C)n3)n[nH]2)c1.O=Cc1cccc(C(F)(F)F)c1. The molecule has 212 valence electrons. The standard InChI is InChI=1S/C19H23FN6OS.C8H5F3O/c1-12-22-16(11-27-28-3)10-18(23-12)24-19-9-15(25-26-19)5-4-13-8-14(21-2)6-7-17(13)20;9-8(10,11)7-3-1-2-6(4-7)5-12/h6-10,21H,4-5,11H2,1-3H3,(H2,22,23,24,25,26);1-5H. The second-order valence-corrected chi connectivity index (χ2v) is 8.99. The van der Waals surface area contributed by atoms with Crippen molar-refractivity contribution in [1.82, 2.24) is 20.2 Å². The van der Waals surface area contributed by atoms with E-state index >= 15 is 0 Å². The number of anilines is 3. The highest BCUT2D eigenvalue weighted by atomic mass is 32.2. The summed E-state index contributed by atoms with van der Waals surface area (Å²) < 4.78 is 55.3. The van der Waals surface area contributed by atoms with Crippen LogP contribution in [-0.4, -0.2) is 39.8 Å². The summed E-state index contributed by atoms with van der Waals surface area (Å²) in [6.07, 6.45) is -0.909. The van der Waals surface area contributed by atoms with E-state index in [1.807, 2.05) is 38.4 Å². The molecule has 0 amide bonds. The van der Waals surface area contributed by atoms with E-state index in [1.54, 1.807) is 6.07 Å². The number of aldehydes is 1. The summed E-state index contributed by atoms with van der Waals surface area (Å²) in [5, 5.41) is 13.4. The zero-order chi connectivity index (χ0) is 29.1. The number of alkyl halides is 3. The Labute approximate surface area is 233 Å². The van der Waals surface area contributed by atoms with Gasteiger partial charge in [-0.3, -0.25) is 9.89 Å². The van der Waals surface area contributed by atoms with Crippen molar-refractivity contribution < 1.29 is 26.5 Å². The summed E-state index contributed by atoms with van der Waals surface area (Å²) in [6.45, 7) is 2.24. The van der Waals surface area contributed by atoms with E-state index in [2.05, 4.69) is 30.8 Å². The largest absolute Gasteiger partial charge is 0.416 e. The molecule has 4 aromatic rings. The number of rotatable bonds is 10. The summed E-state index contributed by atoms with van der Waals surface area (Å²) in [4.78, 5) is 18.8. The molecule has 13 heteroatoms. The molecule has 0 aliphatic carbocycles. The summed E-state index contributed by atoms with van der Waals surface area (Å²) in [6, 6.07) is 13.0. The molecule has 0 unspecified atom stereocenters. The average molecular weight is 577 g/mol. The van der Waals surface area contributed by atoms with Gasteiger partial charge in [0, 0.05) is 42.4 Å². The highest BCUT2D eigenvalue weighted by Crippen LogP contribution is 2.29. The Bertz CT molecular complexity index is 1410. The van der Waals surface area contributed by atoms with Gasteiger partial charge >= 0.3 is 6.18 Å². The Morgan fingerprint density at radius 3 is 2.55 bits per heavy atom. The molecule has 0 saturated heterocycles. The van der Waals surface area contributed by atoms with Crippen molar-refractivity contribution >= 4 is 35.7 Å². The number of benzene rings is 2. The first kappa shape index (κ1) is 30.6. The van der Waals surface area contributed by atoms with Crippen molar-refractivity contribution in [1.29, 1.82) is 0 Å². The monoisotopic (exact) mass is 576 g/mol. The highest BCUT2D eigenvalue weighted by molar-refractivity contribution is 7.93. The normalized spacial score (nSPS) is 11.0. The van der Waals surface area contributed by atoms with Crippen LogP contribution in [0.4, 0.5) is 34.9 Å². The van der Waals surface area contributed by atoms with E-state index in [9.17, 15) is 22.4 Å². The number of hydrogen-bond donors (Lipinski definition) is 3. The molecule has 8 nitrogen and oxygen atoms in total. The van der Waals surface area contributed by atoms with Gasteiger partial charge in [0.15, 0.2) is 5.82 Å². The fraction of sp³-hybridized carbons (Fsp3) is 0.259. The van der Waals surface area contributed by atoms with Crippen LogP contribution in [0.1, 0.15) is 38.7 Å². The van der Waals surface area contributed by atoms with E-state index < -0.39 is 11.7 Å². The van der Waals surface area contributed by atoms with E-state index in [0.717, 1.165) is 29.2 Å². The fourth-order valence-electron chi connectivity index (χ4n) is 3.55. The van der Waals surface area contributed by atoms with Crippen molar-refractivity contribution in [2.75, 3.05) is 23.9 Å². The number of aryl methyl sites for hydroxylation is 3. The zero-order valence-electron chi connectivity index (χ0n) is 22.0. The average Bonchev–Trinajstić information content (AvgIpc) is 3.38. The molecular weight excluding hydrogens is 548 g/mol. The van der Waals surface area contributed by atoms with Gasteiger partial charge in [-0.1, -0.05) is 12.1 Å². The molecule has 0 atom stereocenters. The second-order valence-electron chi connectivity index (χ2n) is 8.42. The third-order valence-electron chi connectivity index (χ3n) is 5.45. The van der Waals surface area contributed by atoms with Crippen LogP contribution in [-0.2, 0) is 29.8 Å². The van der Waals surface area contributed by atoms with Crippen molar-refractivity contribution in [3.63, 3.8) is 0 Å². The van der Waals surface area contributed by atoms with Crippen LogP contribution >= 0.6 is 12.0 Å². The topological polar surface area (TPSA) is 105 Å². The minimum absolute atomic E-state index is 0.0322. The Morgan fingerprint density at radius 2 is 1.85 bits per heavy atom. The van der Waals surface area contributed by atoms with Crippen molar-refractivity contribution in [3.8, 4) is 0 Å². The minimum atomic E-state index is -4.38. The lowest BCUT2D eigenvalue weighted by Gasteiger charge is -2.06.